The van der Waals surface area contributed by atoms with Crippen molar-refractivity contribution < 1.29 is 4.79 Å². The highest BCUT2D eigenvalue weighted by Gasteiger charge is 2.12. The van der Waals surface area contributed by atoms with Crippen LogP contribution in [0.15, 0.2) is 65.8 Å². The van der Waals surface area contributed by atoms with Gasteiger partial charge in [0.15, 0.2) is 0 Å². The van der Waals surface area contributed by atoms with Crippen LogP contribution < -0.4 is 5.32 Å². The largest absolute Gasteiger partial charge is 0.346 e. The minimum atomic E-state index is -0.193. The topological polar surface area (TPSA) is 83.6 Å². The number of hydrogen-bond donors (Lipinski definition) is 2. The summed E-state index contributed by atoms with van der Waals surface area (Å²) in [6.07, 6.45) is 5.92. The van der Waals surface area contributed by atoms with E-state index in [1.54, 1.807) is 36.3 Å². The summed E-state index contributed by atoms with van der Waals surface area (Å²) >= 11 is 13.9. The molecule has 2 N–H and O–H groups in total. The number of thioether (sulfide) groups is 1. The number of H-pyrrole nitrogens is 1. The average Bonchev–Trinajstić information content (AvgIpc) is 3.23. The summed E-state index contributed by atoms with van der Waals surface area (Å²) in [4.78, 5) is 22.8. The molecule has 34 heavy (non-hydrogen) atoms. The fourth-order valence-electron chi connectivity index (χ4n) is 3.87. The van der Waals surface area contributed by atoms with Crippen molar-refractivity contribution in [3.63, 3.8) is 0 Å². The molecule has 0 fully saturated rings. The average molecular weight is 508 g/mol. The molecule has 0 saturated carbocycles. The third-order valence-electron chi connectivity index (χ3n) is 5.48. The van der Waals surface area contributed by atoms with Gasteiger partial charge in [0, 0.05) is 50.8 Å². The van der Waals surface area contributed by atoms with Gasteiger partial charge in [-0.1, -0.05) is 23.2 Å². The van der Waals surface area contributed by atoms with Gasteiger partial charge in [0.05, 0.1) is 28.3 Å². The number of halogens is 2. The second-order valence-corrected chi connectivity index (χ2v) is 9.50. The Kier molecular flexibility index (Phi) is 6.41. The van der Waals surface area contributed by atoms with Gasteiger partial charge in [-0.3, -0.25) is 19.9 Å². The van der Waals surface area contributed by atoms with E-state index in [1.807, 2.05) is 30.5 Å². The van der Waals surface area contributed by atoms with Crippen LogP contribution in [-0.2, 0) is 13.0 Å². The molecule has 9 heteroatoms. The van der Waals surface area contributed by atoms with E-state index in [-0.39, 0.29) is 12.5 Å². The maximum atomic E-state index is 12.8. The Balaban J connectivity index is 1.34. The molecule has 0 saturated heterocycles. The molecular formula is C25H19Cl2N5OS. The summed E-state index contributed by atoms with van der Waals surface area (Å²) in [6, 6.07) is 15.1. The van der Waals surface area contributed by atoms with E-state index in [2.05, 4.69) is 37.6 Å². The van der Waals surface area contributed by atoms with Crippen molar-refractivity contribution in [1.82, 2.24) is 25.5 Å². The van der Waals surface area contributed by atoms with Gasteiger partial charge < -0.3 is 5.32 Å². The first-order chi connectivity index (χ1) is 16.5. The van der Waals surface area contributed by atoms with Crippen molar-refractivity contribution in [2.75, 3.05) is 6.26 Å². The molecular weight excluding hydrogens is 489 g/mol. The number of amides is 1. The quantitative estimate of drug-likeness (QED) is 0.273. The van der Waals surface area contributed by atoms with E-state index in [9.17, 15) is 4.79 Å². The molecule has 3 heterocycles. The van der Waals surface area contributed by atoms with Crippen LogP contribution in [0, 0.1) is 0 Å². The number of rotatable bonds is 6. The molecule has 5 aromatic rings. The Morgan fingerprint density at radius 1 is 1.06 bits per heavy atom. The van der Waals surface area contributed by atoms with Crippen molar-refractivity contribution >= 4 is 62.7 Å². The lowest BCUT2D eigenvalue weighted by Gasteiger charge is -2.09. The fourth-order valence-corrected chi connectivity index (χ4v) is 4.84. The van der Waals surface area contributed by atoms with E-state index >= 15 is 0 Å². The third-order valence-corrected chi connectivity index (χ3v) is 6.67. The summed E-state index contributed by atoms with van der Waals surface area (Å²) in [5.74, 6) is -0.193. The maximum absolute atomic E-state index is 12.8. The zero-order valence-corrected chi connectivity index (χ0v) is 20.4. The highest BCUT2D eigenvalue weighted by Crippen LogP contribution is 2.29. The summed E-state index contributed by atoms with van der Waals surface area (Å²) in [5.41, 5.74) is 4.94. The van der Waals surface area contributed by atoms with Crippen molar-refractivity contribution in [1.29, 1.82) is 0 Å². The van der Waals surface area contributed by atoms with Crippen LogP contribution >= 0.6 is 35.0 Å². The number of nitrogens with zero attached hydrogens (tertiary/aromatic N) is 3. The van der Waals surface area contributed by atoms with Gasteiger partial charge in [0.1, 0.15) is 0 Å². The zero-order valence-electron chi connectivity index (χ0n) is 18.1. The van der Waals surface area contributed by atoms with Crippen LogP contribution in [0.1, 0.15) is 27.3 Å². The number of nitrogens with one attached hydrogen (secondary N) is 2. The monoisotopic (exact) mass is 507 g/mol. The summed E-state index contributed by atoms with van der Waals surface area (Å²) in [6.45, 7) is 0.284. The van der Waals surface area contributed by atoms with E-state index in [4.69, 9.17) is 23.2 Å². The van der Waals surface area contributed by atoms with Gasteiger partial charge >= 0.3 is 0 Å². The van der Waals surface area contributed by atoms with Crippen molar-refractivity contribution in [3.8, 4) is 0 Å². The van der Waals surface area contributed by atoms with Crippen molar-refractivity contribution in [2.45, 2.75) is 17.9 Å². The number of hydrogen-bond acceptors (Lipinski definition) is 5. The second kappa shape index (κ2) is 9.62. The highest BCUT2D eigenvalue weighted by molar-refractivity contribution is 7.98. The molecule has 0 bridgehead atoms. The Bertz CT molecular complexity index is 1540. The number of fused-ring (bicyclic) bond motifs is 2. The van der Waals surface area contributed by atoms with E-state index in [0.29, 0.717) is 22.0 Å². The van der Waals surface area contributed by atoms with Gasteiger partial charge in [-0.25, -0.2) is 0 Å². The minimum Gasteiger partial charge on any atom is -0.346 e. The van der Waals surface area contributed by atoms with E-state index in [1.165, 1.54) is 0 Å². The maximum Gasteiger partial charge on any atom is 0.251 e. The molecule has 1 amide bonds. The van der Waals surface area contributed by atoms with Crippen LogP contribution in [0.5, 0.6) is 0 Å². The van der Waals surface area contributed by atoms with Gasteiger partial charge in [0.2, 0.25) is 0 Å². The molecule has 0 radical (unpaired) electrons. The Morgan fingerprint density at radius 3 is 2.79 bits per heavy atom. The van der Waals surface area contributed by atoms with Crippen molar-refractivity contribution in [3.05, 3.63) is 93.5 Å². The van der Waals surface area contributed by atoms with Crippen LogP contribution in [0.2, 0.25) is 10.0 Å². The number of aromatic nitrogens is 4. The first kappa shape index (κ1) is 22.7. The van der Waals surface area contributed by atoms with E-state index < -0.39 is 0 Å². The lowest BCUT2D eigenvalue weighted by molar-refractivity contribution is 0.0950. The molecule has 6 nitrogen and oxygen atoms in total. The Hall–Kier alpha value is -3.13. The predicted molar refractivity (Wildman–Crippen MR) is 138 cm³/mol. The zero-order chi connectivity index (χ0) is 23.7. The molecule has 3 aromatic heterocycles. The predicted octanol–water partition coefficient (Wildman–Crippen LogP) is 6.06. The molecule has 170 valence electrons. The summed E-state index contributed by atoms with van der Waals surface area (Å²) in [5, 5.41) is 13.3. The van der Waals surface area contributed by atoms with Crippen LogP contribution in [0.3, 0.4) is 0 Å². The van der Waals surface area contributed by atoms with Gasteiger partial charge in [-0.15, -0.1) is 11.8 Å². The molecule has 0 atom stereocenters. The van der Waals surface area contributed by atoms with Crippen LogP contribution in [0.25, 0.3) is 21.8 Å². The number of pyridine rings is 2. The minimum absolute atomic E-state index is 0.193. The van der Waals surface area contributed by atoms with Crippen molar-refractivity contribution in [2.24, 2.45) is 0 Å². The molecule has 2 aromatic carbocycles. The van der Waals surface area contributed by atoms with E-state index in [0.717, 1.165) is 43.7 Å². The SMILES string of the molecule is CSc1cc(Cc2cc(C(=O)NCc3n[nH]c4ccc(Cl)cc34)ccn2)cc2cc(Cl)cnc12. The first-order valence-electron chi connectivity index (χ1n) is 10.5. The van der Waals surface area contributed by atoms with Crippen LogP contribution in [0.4, 0.5) is 0 Å². The van der Waals surface area contributed by atoms with Crippen LogP contribution in [-0.4, -0.2) is 32.3 Å². The Labute approximate surface area is 210 Å². The van der Waals surface area contributed by atoms with Gasteiger partial charge in [-0.2, -0.15) is 5.10 Å². The summed E-state index contributed by atoms with van der Waals surface area (Å²) < 4.78 is 0. The first-order valence-corrected chi connectivity index (χ1v) is 12.5. The number of carbonyl (C=O) groups is 1. The fraction of sp³-hybridized carbons (Fsp3) is 0.120. The molecule has 0 aliphatic rings. The molecule has 0 aliphatic carbocycles. The van der Waals surface area contributed by atoms with Gasteiger partial charge in [0.25, 0.3) is 5.91 Å². The molecule has 0 unspecified atom stereocenters. The molecule has 5 rings (SSSR count). The second-order valence-electron chi connectivity index (χ2n) is 7.78. The number of benzene rings is 2. The molecule has 0 spiro atoms. The lowest BCUT2D eigenvalue weighted by atomic mass is 10.0. The Morgan fingerprint density at radius 2 is 1.94 bits per heavy atom. The third kappa shape index (κ3) is 4.73. The smallest absolute Gasteiger partial charge is 0.251 e. The number of carbonyl (C=O) groups excluding carboxylic acids is 1. The standard InChI is InChI=1S/C25H19Cl2N5OS/c1-34-23-8-14(6-16-9-18(27)12-29-24(16)23)7-19-10-15(4-5-28-19)25(33)30-13-22-20-11-17(26)2-3-21(20)31-32-22/h2-6,8-12H,7,13H2,1H3,(H,30,33)(H,31,32). The number of aromatic amines is 1. The highest BCUT2D eigenvalue weighted by atomic mass is 35.5. The summed E-state index contributed by atoms with van der Waals surface area (Å²) in [7, 11) is 0. The lowest BCUT2D eigenvalue weighted by Crippen LogP contribution is -2.23. The van der Waals surface area contributed by atoms with Gasteiger partial charge in [-0.05, 0) is 60.4 Å². The normalized spacial score (nSPS) is 11.3. The molecule has 0 aliphatic heterocycles.